The molecule has 2 heterocycles. The van der Waals surface area contributed by atoms with E-state index in [2.05, 4.69) is 31.8 Å². The lowest BCUT2D eigenvalue weighted by Crippen LogP contribution is -2.39. The highest BCUT2D eigenvalue weighted by atomic mass is 19.4. The molecule has 1 saturated heterocycles. The van der Waals surface area contributed by atoms with E-state index in [1.807, 2.05) is 6.92 Å². The third kappa shape index (κ3) is 6.25. The van der Waals surface area contributed by atoms with Gasteiger partial charge < -0.3 is 14.8 Å². The summed E-state index contributed by atoms with van der Waals surface area (Å²) >= 11 is 0. The Labute approximate surface area is 190 Å². The number of likely N-dealkylation sites (N-methyl/N-ethyl adjacent to an activating group) is 1. The number of ether oxygens (including phenoxy) is 2. The molecule has 1 aromatic heterocycles. The number of rotatable bonds is 7. The fourth-order valence-corrected chi connectivity index (χ4v) is 3.79. The second-order valence-electron chi connectivity index (χ2n) is 8.22. The van der Waals surface area contributed by atoms with Crippen molar-refractivity contribution < 1.29 is 22.6 Å². The van der Waals surface area contributed by atoms with Crippen molar-refractivity contribution in [1.29, 1.82) is 5.41 Å². The third-order valence-corrected chi connectivity index (χ3v) is 5.48. The van der Waals surface area contributed by atoms with Gasteiger partial charge in [-0.3, -0.25) is 15.2 Å². The van der Waals surface area contributed by atoms with Crippen LogP contribution in [-0.4, -0.2) is 59.0 Å². The highest BCUT2D eigenvalue weighted by Gasteiger charge is 2.35. The van der Waals surface area contributed by atoms with E-state index in [0.29, 0.717) is 23.2 Å². The van der Waals surface area contributed by atoms with E-state index in [-0.39, 0.29) is 23.9 Å². The minimum absolute atomic E-state index is 0.0313. The smallest absolute Gasteiger partial charge is 0.473 e. The van der Waals surface area contributed by atoms with Gasteiger partial charge in [-0.15, -0.1) is 13.2 Å². The molecular formula is C22H27F3N6O2. The Morgan fingerprint density at radius 2 is 2.03 bits per heavy atom. The van der Waals surface area contributed by atoms with Crippen LogP contribution in [-0.2, 0) is 0 Å². The second-order valence-corrected chi connectivity index (χ2v) is 8.22. The third-order valence-electron chi connectivity index (χ3n) is 5.48. The summed E-state index contributed by atoms with van der Waals surface area (Å²) in [5.74, 6) is 0.396. The first kappa shape index (κ1) is 23.1. The van der Waals surface area contributed by atoms with Crippen LogP contribution in [0.25, 0.3) is 0 Å². The minimum Gasteiger partial charge on any atom is -0.473 e. The van der Waals surface area contributed by atoms with E-state index >= 15 is 0 Å². The number of nitrogens with zero attached hydrogens (tertiary/aromatic N) is 4. The first-order valence-electron chi connectivity index (χ1n) is 11.0. The van der Waals surface area contributed by atoms with Crippen LogP contribution < -0.4 is 19.7 Å². The van der Waals surface area contributed by atoms with E-state index in [1.165, 1.54) is 18.2 Å². The van der Waals surface area contributed by atoms with Gasteiger partial charge in [0, 0.05) is 42.6 Å². The molecule has 1 saturated carbocycles. The molecule has 11 heteroatoms. The van der Waals surface area contributed by atoms with E-state index in [4.69, 9.17) is 10.1 Å². The van der Waals surface area contributed by atoms with Gasteiger partial charge in [-0.1, -0.05) is 13.0 Å². The van der Waals surface area contributed by atoms with Gasteiger partial charge >= 0.3 is 6.36 Å². The summed E-state index contributed by atoms with van der Waals surface area (Å²) in [4.78, 5) is 13.0. The van der Waals surface area contributed by atoms with Crippen LogP contribution in [0, 0.1) is 12.3 Å². The van der Waals surface area contributed by atoms with Gasteiger partial charge in [-0.2, -0.15) is 4.98 Å². The minimum atomic E-state index is -4.79. The van der Waals surface area contributed by atoms with Crippen LogP contribution in [0.3, 0.4) is 0 Å². The van der Waals surface area contributed by atoms with Crippen molar-refractivity contribution in [2.75, 3.05) is 29.9 Å². The number of nitrogens with one attached hydrogen (secondary N) is 2. The van der Waals surface area contributed by atoms with Crippen molar-refractivity contribution >= 4 is 17.6 Å². The Balaban J connectivity index is 1.50. The molecule has 0 spiro atoms. The lowest BCUT2D eigenvalue weighted by molar-refractivity contribution is -0.274. The molecule has 2 fully saturated rings. The summed E-state index contributed by atoms with van der Waals surface area (Å²) in [6, 6.07) is 7.20. The molecule has 0 amide bonds. The van der Waals surface area contributed by atoms with Gasteiger partial charge in [0.05, 0.1) is 0 Å². The van der Waals surface area contributed by atoms with Crippen LogP contribution in [0.2, 0.25) is 0 Å². The van der Waals surface area contributed by atoms with Crippen molar-refractivity contribution in [1.82, 2.24) is 14.9 Å². The molecular weight excluding hydrogens is 437 g/mol. The first-order chi connectivity index (χ1) is 15.7. The van der Waals surface area contributed by atoms with Crippen molar-refractivity contribution in [3.8, 4) is 11.6 Å². The normalized spacial score (nSPS) is 18.8. The Hall–Kier alpha value is -3.08. The van der Waals surface area contributed by atoms with Crippen LogP contribution in [0.15, 0.2) is 30.3 Å². The number of alkyl halides is 3. The van der Waals surface area contributed by atoms with Gasteiger partial charge in [0.2, 0.25) is 17.8 Å². The monoisotopic (exact) mass is 464 g/mol. The molecule has 4 rings (SSSR count). The zero-order chi connectivity index (χ0) is 23.6. The van der Waals surface area contributed by atoms with Crippen molar-refractivity contribution in [2.24, 2.45) is 0 Å². The molecule has 1 aliphatic heterocycles. The van der Waals surface area contributed by atoms with E-state index < -0.39 is 6.36 Å². The summed E-state index contributed by atoms with van der Waals surface area (Å²) in [6.07, 6.45) is -2.08. The van der Waals surface area contributed by atoms with Crippen molar-refractivity contribution in [2.45, 2.75) is 51.6 Å². The molecule has 0 radical (unpaired) electrons. The Bertz CT molecular complexity index is 998. The van der Waals surface area contributed by atoms with Crippen LogP contribution in [0.1, 0.15) is 31.9 Å². The highest BCUT2D eigenvalue weighted by Crippen LogP contribution is 2.32. The standard InChI is InChI=1S/C22H27F3N6O2/c1-3-30-10-9-18(13-30)32-19-11-14(2)27-21(29-19)31(16-7-8-16)20(26)28-15-5-4-6-17(12-15)33-22(23,24)25/h4-6,11-12,16,18H,3,7-10,13H2,1-2H3,(H2,26,28). The SMILES string of the molecule is CCN1CCC(Oc2cc(C)nc(N(C(=N)Nc3cccc(OC(F)(F)F)c3)C3CC3)n2)C1. The molecule has 1 atom stereocenters. The molecule has 2 N–H and O–H groups in total. The average Bonchev–Trinajstić information content (AvgIpc) is 3.44. The topological polar surface area (TPSA) is 86.6 Å². The number of benzene rings is 1. The number of hydrogen-bond acceptors (Lipinski definition) is 6. The summed E-state index contributed by atoms with van der Waals surface area (Å²) in [5.41, 5.74) is 1.00. The zero-order valence-corrected chi connectivity index (χ0v) is 18.5. The molecule has 2 aliphatic rings. The summed E-state index contributed by atoms with van der Waals surface area (Å²) in [7, 11) is 0. The summed E-state index contributed by atoms with van der Waals surface area (Å²) in [6.45, 7) is 6.76. The van der Waals surface area contributed by atoms with Gasteiger partial charge in [0.25, 0.3) is 0 Å². The molecule has 1 aliphatic carbocycles. The van der Waals surface area contributed by atoms with Gasteiger partial charge in [-0.25, -0.2) is 4.98 Å². The van der Waals surface area contributed by atoms with Gasteiger partial charge in [-0.05, 0) is 44.9 Å². The number of likely N-dealkylation sites (tertiary alicyclic amines) is 1. The predicted molar refractivity (Wildman–Crippen MR) is 118 cm³/mol. The predicted octanol–water partition coefficient (Wildman–Crippen LogP) is 4.17. The zero-order valence-electron chi connectivity index (χ0n) is 18.5. The number of aromatic nitrogens is 2. The molecule has 2 aromatic rings. The lowest BCUT2D eigenvalue weighted by Gasteiger charge is -2.25. The first-order valence-corrected chi connectivity index (χ1v) is 11.0. The van der Waals surface area contributed by atoms with Crippen LogP contribution >= 0.6 is 0 Å². The summed E-state index contributed by atoms with van der Waals surface area (Å²) < 4.78 is 47.7. The summed E-state index contributed by atoms with van der Waals surface area (Å²) in [5, 5.41) is 11.4. The maximum Gasteiger partial charge on any atom is 0.573 e. The van der Waals surface area contributed by atoms with Gasteiger partial charge in [0.1, 0.15) is 11.9 Å². The van der Waals surface area contributed by atoms with Crippen LogP contribution in [0.5, 0.6) is 11.6 Å². The molecule has 33 heavy (non-hydrogen) atoms. The molecule has 178 valence electrons. The molecule has 8 nitrogen and oxygen atoms in total. The Morgan fingerprint density at radius 1 is 1.24 bits per heavy atom. The maximum absolute atomic E-state index is 12.5. The Kier molecular flexibility index (Phi) is 6.59. The van der Waals surface area contributed by atoms with E-state index in [1.54, 1.807) is 17.0 Å². The van der Waals surface area contributed by atoms with E-state index in [0.717, 1.165) is 38.9 Å². The largest absolute Gasteiger partial charge is 0.573 e. The fourth-order valence-electron chi connectivity index (χ4n) is 3.79. The average molecular weight is 464 g/mol. The number of halogens is 3. The van der Waals surface area contributed by atoms with Crippen molar-refractivity contribution in [3.05, 3.63) is 36.0 Å². The molecule has 0 bridgehead atoms. The second kappa shape index (κ2) is 9.42. The molecule has 1 unspecified atom stereocenters. The lowest BCUT2D eigenvalue weighted by atomic mass is 10.3. The number of anilines is 2. The van der Waals surface area contributed by atoms with E-state index in [9.17, 15) is 13.2 Å². The fraction of sp³-hybridized carbons (Fsp3) is 0.500. The number of guanidine groups is 1. The maximum atomic E-state index is 12.5. The number of hydrogen-bond donors (Lipinski definition) is 2. The Morgan fingerprint density at radius 3 is 2.70 bits per heavy atom. The quantitative estimate of drug-likeness (QED) is 0.470. The van der Waals surface area contributed by atoms with Crippen LogP contribution in [0.4, 0.5) is 24.8 Å². The van der Waals surface area contributed by atoms with Gasteiger partial charge in [0.15, 0.2) is 0 Å². The number of aryl methyl sites for hydroxylation is 1. The highest BCUT2D eigenvalue weighted by molar-refractivity contribution is 6.03. The molecule has 1 aromatic carbocycles. The van der Waals surface area contributed by atoms with Crippen molar-refractivity contribution in [3.63, 3.8) is 0 Å².